The van der Waals surface area contributed by atoms with E-state index in [2.05, 4.69) is 15.9 Å². The fourth-order valence-electron chi connectivity index (χ4n) is 2.29. The minimum Gasteiger partial charge on any atom is -0.456 e. The second-order valence-corrected chi connectivity index (χ2v) is 5.14. The first-order chi connectivity index (χ1) is 9.22. The molecule has 1 heterocycles. The van der Waals surface area contributed by atoms with Gasteiger partial charge in [0.1, 0.15) is 17.3 Å². The van der Waals surface area contributed by atoms with E-state index in [-0.39, 0.29) is 0 Å². The summed E-state index contributed by atoms with van der Waals surface area (Å²) < 4.78 is 5.81. The van der Waals surface area contributed by atoms with Gasteiger partial charge in [-0.25, -0.2) is 0 Å². The molecule has 0 amide bonds. The van der Waals surface area contributed by atoms with E-state index < -0.39 is 12.2 Å². The highest BCUT2D eigenvalue weighted by Crippen LogP contribution is 2.34. The molecule has 2 unspecified atom stereocenters. The maximum Gasteiger partial charge on any atom is 0.141 e. The molecule has 1 aromatic heterocycles. The Morgan fingerprint density at radius 2 is 1.74 bits per heavy atom. The molecule has 0 aliphatic rings. The number of hydrogen-bond donors (Lipinski definition) is 2. The van der Waals surface area contributed by atoms with E-state index in [9.17, 15) is 10.2 Å². The summed E-state index contributed by atoms with van der Waals surface area (Å²) in [5, 5.41) is 22.2. The number of alkyl halides is 1. The van der Waals surface area contributed by atoms with Gasteiger partial charge in [0, 0.05) is 21.7 Å². The van der Waals surface area contributed by atoms with E-state index >= 15 is 0 Å². The standard InChI is InChI=1S/C15H13BrO3/c16-8-12(17)14(18)11-6-3-5-10-9-4-1-2-7-13(9)19-15(10)11/h1-7,12,14,17-18H,8H2. The second kappa shape index (κ2) is 4.96. The van der Waals surface area contributed by atoms with Crippen LogP contribution in [0, 0.1) is 0 Å². The molecule has 19 heavy (non-hydrogen) atoms. The summed E-state index contributed by atoms with van der Waals surface area (Å²) in [4.78, 5) is 0. The number of hydrogen-bond acceptors (Lipinski definition) is 3. The summed E-state index contributed by atoms with van der Waals surface area (Å²) >= 11 is 3.17. The third-order valence-electron chi connectivity index (χ3n) is 3.28. The molecule has 0 aliphatic heterocycles. The number of aliphatic hydroxyl groups is 2. The predicted molar refractivity (Wildman–Crippen MR) is 78.5 cm³/mol. The average molecular weight is 321 g/mol. The van der Waals surface area contributed by atoms with Gasteiger partial charge in [-0.3, -0.25) is 0 Å². The Balaban J connectivity index is 2.26. The van der Waals surface area contributed by atoms with Gasteiger partial charge < -0.3 is 14.6 Å². The molecule has 3 rings (SSSR count). The Labute approximate surface area is 118 Å². The van der Waals surface area contributed by atoms with Gasteiger partial charge >= 0.3 is 0 Å². The number of furan rings is 1. The van der Waals surface area contributed by atoms with Crippen LogP contribution in [0.15, 0.2) is 46.9 Å². The van der Waals surface area contributed by atoms with Crippen molar-refractivity contribution in [1.29, 1.82) is 0 Å². The highest BCUT2D eigenvalue weighted by Gasteiger charge is 2.21. The molecule has 0 radical (unpaired) electrons. The van der Waals surface area contributed by atoms with E-state index in [1.54, 1.807) is 6.07 Å². The van der Waals surface area contributed by atoms with Crippen LogP contribution >= 0.6 is 15.9 Å². The highest BCUT2D eigenvalue weighted by atomic mass is 79.9. The Bertz CT molecular complexity index is 720. The SMILES string of the molecule is OC(CBr)C(O)c1cccc2c1oc1ccccc12. The van der Waals surface area contributed by atoms with E-state index in [4.69, 9.17) is 4.42 Å². The van der Waals surface area contributed by atoms with E-state index in [0.29, 0.717) is 16.5 Å². The van der Waals surface area contributed by atoms with Gasteiger partial charge in [-0.2, -0.15) is 0 Å². The second-order valence-electron chi connectivity index (χ2n) is 4.49. The van der Waals surface area contributed by atoms with Crippen LogP contribution in [0.2, 0.25) is 0 Å². The van der Waals surface area contributed by atoms with E-state index in [0.717, 1.165) is 16.4 Å². The molecule has 0 fully saturated rings. The molecule has 98 valence electrons. The number of para-hydroxylation sites is 2. The molecule has 2 atom stereocenters. The minimum atomic E-state index is -0.969. The zero-order chi connectivity index (χ0) is 13.4. The van der Waals surface area contributed by atoms with Gasteiger partial charge in [0.15, 0.2) is 0 Å². The molecule has 0 saturated heterocycles. The average Bonchev–Trinajstić information content (AvgIpc) is 2.84. The van der Waals surface area contributed by atoms with Gasteiger partial charge in [-0.15, -0.1) is 0 Å². The molecule has 0 aliphatic carbocycles. The predicted octanol–water partition coefficient (Wildman–Crippen LogP) is 3.38. The van der Waals surface area contributed by atoms with Gasteiger partial charge in [0.2, 0.25) is 0 Å². The fourth-order valence-corrected chi connectivity index (χ4v) is 2.65. The van der Waals surface area contributed by atoms with Crippen LogP contribution < -0.4 is 0 Å². The maximum absolute atomic E-state index is 10.2. The van der Waals surface area contributed by atoms with Crippen molar-refractivity contribution in [3.05, 3.63) is 48.0 Å². The highest BCUT2D eigenvalue weighted by molar-refractivity contribution is 9.09. The van der Waals surface area contributed by atoms with Gasteiger partial charge in [0.25, 0.3) is 0 Å². The topological polar surface area (TPSA) is 53.6 Å². The van der Waals surface area contributed by atoms with Crippen molar-refractivity contribution in [1.82, 2.24) is 0 Å². The summed E-state index contributed by atoms with van der Waals surface area (Å²) in [6.07, 6.45) is -1.83. The molecule has 4 heteroatoms. The molecule has 0 spiro atoms. The number of rotatable bonds is 3. The molecule has 0 saturated carbocycles. The van der Waals surface area contributed by atoms with Crippen LogP contribution in [0.25, 0.3) is 21.9 Å². The van der Waals surface area contributed by atoms with Crippen LogP contribution in [-0.2, 0) is 0 Å². The van der Waals surface area contributed by atoms with Crippen LogP contribution in [0.1, 0.15) is 11.7 Å². The Morgan fingerprint density at radius 3 is 2.53 bits per heavy atom. The van der Waals surface area contributed by atoms with Gasteiger partial charge in [-0.1, -0.05) is 52.3 Å². The molecular formula is C15H13BrO3. The zero-order valence-electron chi connectivity index (χ0n) is 10.1. The summed E-state index contributed by atoms with van der Waals surface area (Å²) in [5.74, 6) is 0. The summed E-state index contributed by atoms with van der Waals surface area (Å²) in [7, 11) is 0. The molecule has 3 nitrogen and oxygen atoms in total. The Morgan fingerprint density at radius 1 is 1.00 bits per heavy atom. The molecule has 2 aromatic carbocycles. The lowest BCUT2D eigenvalue weighted by atomic mass is 10.0. The number of fused-ring (bicyclic) bond motifs is 3. The lowest BCUT2D eigenvalue weighted by Crippen LogP contribution is -2.19. The lowest BCUT2D eigenvalue weighted by molar-refractivity contribution is 0.0347. The van der Waals surface area contributed by atoms with Crippen LogP contribution in [0.5, 0.6) is 0 Å². The van der Waals surface area contributed by atoms with Crippen molar-refractivity contribution in [3.8, 4) is 0 Å². The summed E-state index contributed by atoms with van der Waals surface area (Å²) in [5.41, 5.74) is 2.03. The quantitative estimate of drug-likeness (QED) is 0.727. The fraction of sp³-hybridized carbons (Fsp3) is 0.200. The first-order valence-corrected chi connectivity index (χ1v) is 7.17. The summed E-state index contributed by atoms with van der Waals surface area (Å²) in [6, 6.07) is 13.3. The smallest absolute Gasteiger partial charge is 0.141 e. The maximum atomic E-state index is 10.2. The van der Waals surface area contributed by atoms with Gasteiger partial charge in [0.05, 0.1) is 6.10 Å². The van der Waals surface area contributed by atoms with Crippen molar-refractivity contribution in [2.24, 2.45) is 0 Å². The first kappa shape index (κ1) is 12.7. The number of aliphatic hydroxyl groups excluding tert-OH is 2. The minimum absolute atomic E-state index is 0.310. The largest absolute Gasteiger partial charge is 0.456 e. The number of benzene rings is 2. The van der Waals surface area contributed by atoms with Crippen molar-refractivity contribution in [2.45, 2.75) is 12.2 Å². The van der Waals surface area contributed by atoms with Crippen molar-refractivity contribution in [3.63, 3.8) is 0 Å². The van der Waals surface area contributed by atoms with Crippen LogP contribution in [0.3, 0.4) is 0 Å². The zero-order valence-corrected chi connectivity index (χ0v) is 11.7. The monoisotopic (exact) mass is 320 g/mol. The summed E-state index contributed by atoms with van der Waals surface area (Å²) in [6.45, 7) is 0. The number of halogens is 1. The van der Waals surface area contributed by atoms with Crippen molar-refractivity contribution >= 4 is 37.9 Å². The molecular weight excluding hydrogens is 308 g/mol. The molecule has 2 N–H and O–H groups in total. The third kappa shape index (κ3) is 2.06. The third-order valence-corrected chi connectivity index (χ3v) is 3.94. The van der Waals surface area contributed by atoms with Crippen LogP contribution in [0.4, 0.5) is 0 Å². The van der Waals surface area contributed by atoms with E-state index in [1.807, 2.05) is 36.4 Å². The molecule has 0 bridgehead atoms. The Kier molecular flexibility index (Phi) is 3.31. The van der Waals surface area contributed by atoms with Crippen LogP contribution in [-0.4, -0.2) is 21.6 Å². The van der Waals surface area contributed by atoms with Gasteiger partial charge in [-0.05, 0) is 6.07 Å². The Hall–Kier alpha value is -1.36. The van der Waals surface area contributed by atoms with E-state index in [1.165, 1.54) is 0 Å². The first-order valence-electron chi connectivity index (χ1n) is 6.04. The molecule has 3 aromatic rings. The normalized spacial score (nSPS) is 14.9. The lowest BCUT2D eigenvalue weighted by Gasteiger charge is -2.15. The van der Waals surface area contributed by atoms with Crippen molar-refractivity contribution < 1.29 is 14.6 Å². The van der Waals surface area contributed by atoms with Crippen molar-refractivity contribution in [2.75, 3.05) is 5.33 Å².